The summed E-state index contributed by atoms with van der Waals surface area (Å²) in [5, 5.41) is 3.21. The molecule has 4 heteroatoms. The molecule has 0 aromatic heterocycles. The van der Waals surface area contributed by atoms with E-state index >= 15 is 0 Å². The van der Waals surface area contributed by atoms with Gasteiger partial charge in [-0.25, -0.2) is 0 Å². The molecule has 0 aliphatic rings. The predicted octanol–water partition coefficient (Wildman–Crippen LogP) is 2.24. The second kappa shape index (κ2) is 7.92. The van der Waals surface area contributed by atoms with Gasteiger partial charge in [-0.2, -0.15) is 0 Å². The smallest absolute Gasteiger partial charge is 0.179 e. The Morgan fingerprint density at radius 2 is 1.89 bits per heavy atom. The Balaban J connectivity index is 2.31. The molecule has 106 valence electrons. The second-order valence-electron chi connectivity index (χ2n) is 4.94. The van der Waals surface area contributed by atoms with Crippen molar-refractivity contribution >= 4 is 11.5 Å². The van der Waals surface area contributed by atoms with Gasteiger partial charge in [0.05, 0.1) is 12.1 Å². The van der Waals surface area contributed by atoms with Crippen LogP contribution in [-0.4, -0.2) is 31.1 Å². The van der Waals surface area contributed by atoms with Crippen molar-refractivity contribution < 1.29 is 9.53 Å². The fourth-order valence-electron chi connectivity index (χ4n) is 1.70. The molecule has 0 aliphatic heterocycles. The number of ether oxygens (including phenoxy) is 1. The van der Waals surface area contributed by atoms with Gasteiger partial charge in [0.25, 0.3) is 0 Å². The van der Waals surface area contributed by atoms with E-state index in [1.54, 1.807) is 24.3 Å². The first kappa shape index (κ1) is 15.7. The van der Waals surface area contributed by atoms with Gasteiger partial charge in [-0.05, 0) is 58.0 Å². The number of nitrogen functional groups attached to an aromatic ring is 1. The molecule has 1 aromatic rings. The first-order chi connectivity index (χ1) is 9.00. The molecule has 0 radical (unpaired) electrons. The minimum atomic E-state index is -0.192. The van der Waals surface area contributed by atoms with E-state index in [2.05, 4.69) is 5.32 Å². The van der Waals surface area contributed by atoms with Crippen LogP contribution in [0.2, 0.25) is 0 Å². The summed E-state index contributed by atoms with van der Waals surface area (Å²) < 4.78 is 5.44. The standard InChI is InChI=1S/C15H24N2O2/c1-11(2)19-10-4-9-17-12(3)15(18)13-5-7-14(16)8-6-13/h5-8,11-12,17H,4,9-10,16H2,1-3H3. The van der Waals surface area contributed by atoms with E-state index in [9.17, 15) is 4.79 Å². The van der Waals surface area contributed by atoms with Crippen molar-refractivity contribution in [3.8, 4) is 0 Å². The van der Waals surface area contributed by atoms with Crippen LogP contribution < -0.4 is 11.1 Å². The Labute approximate surface area is 115 Å². The first-order valence-electron chi connectivity index (χ1n) is 6.75. The molecule has 1 rings (SSSR count). The van der Waals surface area contributed by atoms with Gasteiger partial charge in [-0.15, -0.1) is 0 Å². The summed E-state index contributed by atoms with van der Waals surface area (Å²) in [5.74, 6) is 0.0878. The van der Waals surface area contributed by atoms with E-state index < -0.39 is 0 Å². The summed E-state index contributed by atoms with van der Waals surface area (Å²) in [6.07, 6.45) is 1.16. The number of anilines is 1. The average Bonchev–Trinajstić information content (AvgIpc) is 2.37. The van der Waals surface area contributed by atoms with Crippen LogP contribution in [0.15, 0.2) is 24.3 Å². The molecule has 0 amide bonds. The minimum absolute atomic E-state index is 0.0878. The van der Waals surface area contributed by atoms with Gasteiger partial charge < -0.3 is 15.8 Å². The van der Waals surface area contributed by atoms with Gasteiger partial charge >= 0.3 is 0 Å². The Morgan fingerprint density at radius 3 is 2.47 bits per heavy atom. The number of carbonyl (C=O) groups excluding carboxylic acids is 1. The highest BCUT2D eigenvalue weighted by molar-refractivity contribution is 6.00. The number of nitrogens with two attached hydrogens (primary N) is 1. The number of carbonyl (C=O) groups is 1. The van der Waals surface area contributed by atoms with Crippen molar-refractivity contribution in [3.63, 3.8) is 0 Å². The Bertz CT molecular complexity index is 388. The zero-order valence-corrected chi connectivity index (χ0v) is 12.0. The molecule has 0 heterocycles. The predicted molar refractivity (Wildman–Crippen MR) is 78.4 cm³/mol. The number of rotatable bonds is 8. The molecule has 0 saturated carbocycles. The van der Waals surface area contributed by atoms with Crippen LogP contribution in [0.4, 0.5) is 5.69 Å². The lowest BCUT2D eigenvalue weighted by Crippen LogP contribution is -2.35. The zero-order valence-electron chi connectivity index (χ0n) is 12.0. The number of nitrogens with one attached hydrogen (secondary N) is 1. The molecule has 1 unspecified atom stereocenters. The van der Waals surface area contributed by atoms with Gasteiger partial charge in [0, 0.05) is 17.9 Å². The second-order valence-corrected chi connectivity index (χ2v) is 4.94. The maximum absolute atomic E-state index is 12.1. The van der Waals surface area contributed by atoms with Crippen LogP contribution in [0.3, 0.4) is 0 Å². The third-order valence-corrected chi connectivity index (χ3v) is 2.81. The molecule has 3 N–H and O–H groups in total. The summed E-state index contributed by atoms with van der Waals surface area (Å²) in [6, 6.07) is 6.82. The molecule has 0 fully saturated rings. The van der Waals surface area contributed by atoms with Crippen molar-refractivity contribution in [2.45, 2.75) is 39.3 Å². The van der Waals surface area contributed by atoms with Crippen molar-refractivity contribution in [1.29, 1.82) is 0 Å². The van der Waals surface area contributed by atoms with Crippen LogP contribution in [0, 0.1) is 0 Å². The zero-order chi connectivity index (χ0) is 14.3. The van der Waals surface area contributed by atoms with Crippen molar-refractivity contribution in [3.05, 3.63) is 29.8 Å². The van der Waals surface area contributed by atoms with E-state index in [1.165, 1.54) is 0 Å². The number of benzene rings is 1. The van der Waals surface area contributed by atoms with Crippen LogP contribution in [0.5, 0.6) is 0 Å². The largest absolute Gasteiger partial charge is 0.399 e. The lowest BCUT2D eigenvalue weighted by Gasteiger charge is -2.13. The van der Waals surface area contributed by atoms with Crippen LogP contribution >= 0.6 is 0 Å². The molecule has 0 aliphatic carbocycles. The summed E-state index contributed by atoms with van der Waals surface area (Å²) >= 11 is 0. The molecule has 0 saturated heterocycles. The number of ketones is 1. The summed E-state index contributed by atoms with van der Waals surface area (Å²) in [6.45, 7) is 7.39. The topological polar surface area (TPSA) is 64.3 Å². The van der Waals surface area contributed by atoms with E-state index in [0.29, 0.717) is 17.9 Å². The van der Waals surface area contributed by atoms with Gasteiger partial charge in [0.2, 0.25) is 0 Å². The van der Waals surface area contributed by atoms with Gasteiger partial charge in [-0.1, -0.05) is 0 Å². The third kappa shape index (κ3) is 5.85. The highest BCUT2D eigenvalue weighted by Gasteiger charge is 2.13. The van der Waals surface area contributed by atoms with Crippen LogP contribution in [0.1, 0.15) is 37.6 Å². The Morgan fingerprint density at radius 1 is 1.26 bits per heavy atom. The van der Waals surface area contributed by atoms with Crippen molar-refractivity contribution in [1.82, 2.24) is 5.32 Å². The molecule has 19 heavy (non-hydrogen) atoms. The number of Topliss-reactive ketones (excluding diaryl/α,β-unsaturated/α-hetero) is 1. The number of hydrogen-bond donors (Lipinski definition) is 2. The fraction of sp³-hybridized carbons (Fsp3) is 0.533. The quantitative estimate of drug-likeness (QED) is 0.429. The van der Waals surface area contributed by atoms with E-state index in [-0.39, 0.29) is 17.9 Å². The summed E-state index contributed by atoms with van der Waals surface area (Å²) in [5.41, 5.74) is 6.96. The normalized spacial score (nSPS) is 12.6. The summed E-state index contributed by atoms with van der Waals surface area (Å²) in [4.78, 5) is 12.1. The molecule has 0 spiro atoms. The van der Waals surface area contributed by atoms with Crippen molar-refractivity contribution in [2.24, 2.45) is 0 Å². The summed E-state index contributed by atoms with van der Waals surface area (Å²) in [7, 11) is 0. The van der Waals surface area contributed by atoms with Gasteiger partial charge in [0.1, 0.15) is 0 Å². The monoisotopic (exact) mass is 264 g/mol. The molecule has 1 atom stereocenters. The molecule has 0 bridgehead atoms. The maximum atomic E-state index is 12.1. The van der Waals surface area contributed by atoms with Gasteiger partial charge in [-0.3, -0.25) is 4.79 Å². The van der Waals surface area contributed by atoms with E-state index in [0.717, 1.165) is 13.0 Å². The van der Waals surface area contributed by atoms with Crippen LogP contribution in [0.25, 0.3) is 0 Å². The van der Waals surface area contributed by atoms with E-state index in [1.807, 2.05) is 20.8 Å². The van der Waals surface area contributed by atoms with Gasteiger partial charge in [0.15, 0.2) is 5.78 Å². The lowest BCUT2D eigenvalue weighted by molar-refractivity contribution is 0.0760. The Hall–Kier alpha value is -1.39. The molecular formula is C15H24N2O2. The highest BCUT2D eigenvalue weighted by atomic mass is 16.5. The molecule has 1 aromatic carbocycles. The van der Waals surface area contributed by atoms with Crippen molar-refractivity contribution in [2.75, 3.05) is 18.9 Å². The highest BCUT2D eigenvalue weighted by Crippen LogP contribution is 2.08. The van der Waals surface area contributed by atoms with E-state index in [4.69, 9.17) is 10.5 Å². The minimum Gasteiger partial charge on any atom is -0.399 e. The molecule has 4 nitrogen and oxygen atoms in total. The fourth-order valence-corrected chi connectivity index (χ4v) is 1.70. The maximum Gasteiger partial charge on any atom is 0.179 e. The first-order valence-corrected chi connectivity index (χ1v) is 6.75. The van der Waals surface area contributed by atoms with Crippen LogP contribution in [-0.2, 0) is 4.74 Å². The third-order valence-electron chi connectivity index (χ3n) is 2.81. The SMILES string of the molecule is CC(C)OCCCNC(C)C(=O)c1ccc(N)cc1. The Kier molecular flexibility index (Phi) is 6.53. The molecular weight excluding hydrogens is 240 g/mol. The lowest BCUT2D eigenvalue weighted by atomic mass is 10.1. The average molecular weight is 264 g/mol. The number of hydrogen-bond acceptors (Lipinski definition) is 4.